The van der Waals surface area contributed by atoms with Crippen LogP contribution in [-0.4, -0.2) is 11.5 Å². The molecule has 0 saturated carbocycles. The van der Waals surface area contributed by atoms with E-state index in [1.165, 1.54) is 0 Å². The van der Waals surface area contributed by atoms with Gasteiger partial charge in [0.15, 0.2) is 0 Å². The molecule has 0 radical (unpaired) electrons. The van der Waals surface area contributed by atoms with Gasteiger partial charge in [-0.3, -0.25) is 4.98 Å². The van der Waals surface area contributed by atoms with Crippen LogP contribution in [0.25, 0.3) is 10.9 Å². The Labute approximate surface area is 127 Å². The van der Waals surface area contributed by atoms with Gasteiger partial charge in [0.05, 0.1) is 10.5 Å². The van der Waals surface area contributed by atoms with E-state index in [4.69, 9.17) is 16.6 Å². The summed E-state index contributed by atoms with van der Waals surface area (Å²) in [4.78, 5) is 4.69. The number of fused-ring (bicyclic) bond motifs is 1. The van der Waals surface area contributed by atoms with Gasteiger partial charge in [-0.25, -0.2) is 0 Å². The van der Waals surface area contributed by atoms with Crippen LogP contribution in [0.5, 0.6) is 0 Å². The summed E-state index contributed by atoms with van der Waals surface area (Å²) >= 11 is 9.89. The van der Waals surface area contributed by atoms with Crippen LogP contribution in [-0.2, 0) is 6.42 Å². The van der Waals surface area contributed by atoms with Crippen molar-refractivity contribution < 1.29 is 0 Å². The number of hydrogen-bond acceptors (Lipinski definition) is 2. The van der Waals surface area contributed by atoms with Crippen molar-refractivity contribution in [3.63, 3.8) is 0 Å². The van der Waals surface area contributed by atoms with Crippen molar-refractivity contribution in [2.45, 2.75) is 33.1 Å². The minimum atomic E-state index is 0.704. The molecule has 2 aromatic rings. The molecule has 0 aliphatic carbocycles. The van der Waals surface area contributed by atoms with E-state index in [2.05, 4.69) is 41.2 Å². The normalized spacial score (nSPS) is 10.9. The lowest BCUT2D eigenvalue weighted by Gasteiger charge is -2.13. The van der Waals surface area contributed by atoms with Gasteiger partial charge < -0.3 is 5.32 Å². The second-order valence-corrected chi connectivity index (χ2v) is 5.85. The highest BCUT2D eigenvalue weighted by Crippen LogP contribution is 2.34. The molecule has 1 N–H and O–H groups in total. The molecule has 1 aromatic heterocycles. The molecule has 0 saturated heterocycles. The molecule has 0 atom stereocenters. The zero-order chi connectivity index (χ0) is 13.8. The highest BCUT2D eigenvalue weighted by molar-refractivity contribution is 9.10. The molecule has 1 aromatic carbocycles. The molecule has 0 bridgehead atoms. The Morgan fingerprint density at radius 3 is 2.74 bits per heavy atom. The van der Waals surface area contributed by atoms with Crippen molar-refractivity contribution >= 4 is 44.1 Å². The largest absolute Gasteiger partial charge is 0.384 e. The van der Waals surface area contributed by atoms with Crippen LogP contribution in [0.3, 0.4) is 0 Å². The summed E-state index contributed by atoms with van der Waals surface area (Å²) in [6.07, 6.45) is 3.14. The molecule has 0 aliphatic rings. The monoisotopic (exact) mass is 340 g/mol. The van der Waals surface area contributed by atoms with Crippen LogP contribution in [0, 0.1) is 0 Å². The number of aromatic nitrogens is 1. The minimum Gasteiger partial charge on any atom is -0.384 e. The maximum absolute atomic E-state index is 6.30. The van der Waals surface area contributed by atoms with E-state index in [-0.39, 0.29) is 0 Å². The molecule has 0 spiro atoms. The van der Waals surface area contributed by atoms with Crippen molar-refractivity contribution in [2.75, 3.05) is 11.9 Å². The number of nitrogens with zero attached hydrogens (tertiary/aromatic N) is 1. The van der Waals surface area contributed by atoms with Crippen molar-refractivity contribution in [2.24, 2.45) is 0 Å². The fraction of sp³-hybridized carbons (Fsp3) is 0.400. The Kier molecular flexibility index (Phi) is 5.06. The Hall–Kier alpha value is -0.800. The molecule has 0 unspecified atom stereocenters. The summed E-state index contributed by atoms with van der Waals surface area (Å²) < 4.78 is 1.03. The summed E-state index contributed by atoms with van der Waals surface area (Å²) in [5.41, 5.74) is 3.08. The number of anilines is 1. The van der Waals surface area contributed by atoms with Crippen molar-refractivity contribution in [3.05, 3.63) is 33.4 Å². The van der Waals surface area contributed by atoms with E-state index >= 15 is 0 Å². The van der Waals surface area contributed by atoms with E-state index in [0.29, 0.717) is 5.02 Å². The predicted octanol–water partition coefficient (Wildman–Crippen LogP) is 5.43. The Bertz CT molecular complexity index is 584. The van der Waals surface area contributed by atoms with Crippen LogP contribution in [0.4, 0.5) is 5.69 Å². The van der Waals surface area contributed by atoms with E-state index in [1.54, 1.807) is 0 Å². The molecule has 2 rings (SSSR count). The summed E-state index contributed by atoms with van der Waals surface area (Å²) in [6, 6.07) is 6.01. The van der Waals surface area contributed by atoms with Gasteiger partial charge >= 0.3 is 0 Å². The van der Waals surface area contributed by atoms with Gasteiger partial charge in [-0.05, 0) is 31.0 Å². The topological polar surface area (TPSA) is 24.9 Å². The summed E-state index contributed by atoms with van der Waals surface area (Å²) in [6.45, 7) is 5.27. The number of rotatable bonds is 5. The van der Waals surface area contributed by atoms with Crippen LogP contribution >= 0.6 is 27.5 Å². The summed E-state index contributed by atoms with van der Waals surface area (Å²) in [5, 5.41) is 5.25. The lowest BCUT2D eigenvalue weighted by atomic mass is 10.1. The van der Waals surface area contributed by atoms with Crippen molar-refractivity contribution in [3.8, 4) is 0 Å². The molecule has 1 heterocycles. The smallest absolute Gasteiger partial charge is 0.0923 e. The lowest BCUT2D eigenvalue weighted by molar-refractivity contribution is 0.888. The molecule has 102 valence electrons. The summed E-state index contributed by atoms with van der Waals surface area (Å²) in [5.74, 6) is 0. The first-order valence-electron chi connectivity index (χ1n) is 6.68. The van der Waals surface area contributed by atoms with Gasteiger partial charge in [0.1, 0.15) is 0 Å². The number of halogens is 2. The number of hydrogen-bond donors (Lipinski definition) is 1. The highest BCUT2D eigenvalue weighted by Gasteiger charge is 2.11. The Morgan fingerprint density at radius 1 is 1.26 bits per heavy atom. The Morgan fingerprint density at radius 2 is 2.05 bits per heavy atom. The van der Waals surface area contributed by atoms with E-state index in [0.717, 1.165) is 52.6 Å². The average molecular weight is 342 g/mol. The first kappa shape index (κ1) is 14.6. The molecule has 0 fully saturated rings. The quantitative estimate of drug-likeness (QED) is 0.785. The fourth-order valence-electron chi connectivity index (χ4n) is 2.10. The molecule has 4 heteroatoms. The van der Waals surface area contributed by atoms with Gasteiger partial charge in [0.2, 0.25) is 0 Å². The van der Waals surface area contributed by atoms with Gasteiger partial charge in [0, 0.05) is 27.8 Å². The Balaban J connectivity index is 2.63. The first-order chi connectivity index (χ1) is 9.17. The zero-order valence-electron chi connectivity index (χ0n) is 11.3. The third-order valence-electron chi connectivity index (χ3n) is 2.99. The van der Waals surface area contributed by atoms with Crippen LogP contribution in [0.2, 0.25) is 5.02 Å². The molecular formula is C15H18BrClN2. The highest BCUT2D eigenvalue weighted by atomic mass is 79.9. The third-order valence-corrected chi connectivity index (χ3v) is 3.95. The number of nitrogens with one attached hydrogen (secondary N) is 1. The summed E-state index contributed by atoms with van der Waals surface area (Å²) in [7, 11) is 0. The maximum Gasteiger partial charge on any atom is 0.0923 e. The van der Waals surface area contributed by atoms with Crippen molar-refractivity contribution in [1.29, 1.82) is 0 Å². The molecule has 19 heavy (non-hydrogen) atoms. The van der Waals surface area contributed by atoms with E-state index < -0.39 is 0 Å². The molecule has 0 amide bonds. The molecule has 0 aliphatic heterocycles. The minimum absolute atomic E-state index is 0.704. The van der Waals surface area contributed by atoms with Gasteiger partial charge in [-0.15, -0.1) is 0 Å². The standard InChI is InChI=1S/C15H18BrClN2/c1-3-5-10-9-13(18-8-4-2)14-11(16)6-7-12(17)15(14)19-10/h6-7,9H,3-5,8H2,1-2H3,(H,18,19). The van der Waals surface area contributed by atoms with E-state index in [1.807, 2.05) is 12.1 Å². The molecule has 2 nitrogen and oxygen atoms in total. The zero-order valence-corrected chi connectivity index (χ0v) is 13.6. The van der Waals surface area contributed by atoms with Crippen LogP contribution < -0.4 is 5.32 Å². The van der Waals surface area contributed by atoms with Gasteiger partial charge in [0.25, 0.3) is 0 Å². The first-order valence-corrected chi connectivity index (χ1v) is 7.86. The number of benzene rings is 1. The number of pyridine rings is 1. The third kappa shape index (κ3) is 3.21. The number of aryl methyl sites for hydroxylation is 1. The van der Waals surface area contributed by atoms with E-state index in [9.17, 15) is 0 Å². The van der Waals surface area contributed by atoms with Crippen LogP contribution in [0.1, 0.15) is 32.4 Å². The van der Waals surface area contributed by atoms with Crippen LogP contribution in [0.15, 0.2) is 22.7 Å². The maximum atomic E-state index is 6.30. The van der Waals surface area contributed by atoms with Gasteiger partial charge in [-0.2, -0.15) is 0 Å². The molecular weight excluding hydrogens is 324 g/mol. The lowest BCUT2D eigenvalue weighted by Crippen LogP contribution is -2.03. The van der Waals surface area contributed by atoms with Gasteiger partial charge in [-0.1, -0.05) is 47.8 Å². The average Bonchev–Trinajstić information content (AvgIpc) is 2.40. The SMILES string of the molecule is CCCNc1cc(CCC)nc2c(Cl)ccc(Br)c12. The second-order valence-electron chi connectivity index (χ2n) is 4.59. The predicted molar refractivity (Wildman–Crippen MR) is 87.2 cm³/mol. The fourth-order valence-corrected chi connectivity index (χ4v) is 2.84. The second kappa shape index (κ2) is 6.58. The van der Waals surface area contributed by atoms with Crippen molar-refractivity contribution in [1.82, 2.24) is 4.98 Å².